The molecule has 2 aromatic rings. The Labute approximate surface area is 199 Å². The molecule has 33 heavy (non-hydrogen) atoms. The Balaban J connectivity index is 1.38. The molecular formula is C22H33N5O4S2. The van der Waals surface area contributed by atoms with Gasteiger partial charge in [-0.05, 0) is 67.5 Å². The number of aliphatic hydroxyl groups is 1. The van der Waals surface area contributed by atoms with Crippen LogP contribution in [0.15, 0.2) is 24.0 Å². The molecule has 2 aromatic heterocycles. The highest BCUT2D eigenvalue weighted by molar-refractivity contribution is 7.84. The van der Waals surface area contributed by atoms with E-state index in [2.05, 4.69) is 38.6 Å². The second-order valence-electron chi connectivity index (χ2n) is 9.37. The minimum atomic E-state index is -3.92. The van der Waals surface area contributed by atoms with Gasteiger partial charge in [0.2, 0.25) is 0 Å². The van der Waals surface area contributed by atoms with Gasteiger partial charge >= 0.3 is 10.3 Å². The summed E-state index contributed by atoms with van der Waals surface area (Å²) in [6, 6.07) is 2.20. The van der Waals surface area contributed by atoms with Gasteiger partial charge in [-0.3, -0.25) is 9.08 Å². The number of aliphatic hydroxyl groups excluding tert-OH is 1. The van der Waals surface area contributed by atoms with Crippen LogP contribution in [0.2, 0.25) is 0 Å². The largest absolute Gasteiger partial charge is 0.383 e. The Morgan fingerprint density at radius 1 is 1.39 bits per heavy atom. The van der Waals surface area contributed by atoms with Gasteiger partial charge in [-0.1, -0.05) is 6.92 Å². The molecular weight excluding hydrogens is 462 g/mol. The first-order chi connectivity index (χ1) is 15.8. The number of thiophene rings is 1. The fourth-order valence-electron chi connectivity index (χ4n) is 4.87. The first-order valence-corrected chi connectivity index (χ1v) is 13.8. The number of hydrogen-bond acceptors (Lipinski definition) is 9. The summed E-state index contributed by atoms with van der Waals surface area (Å²) in [5.74, 6) is 1.45. The Morgan fingerprint density at radius 2 is 2.24 bits per heavy atom. The van der Waals surface area contributed by atoms with Gasteiger partial charge in [0.1, 0.15) is 18.2 Å². The van der Waals surface area contributed by atoms with Crippen molar-refractivity contribution in [2.45, 2.75) is 57.7 Å². The van der Waals surface area contributed by atoms with E-state index in [9.17, 15) is 13.5 Å². The van der Waals surface area contributed by atoms with Crippen molar-refractivity contribution >= 4 is 27.5 Å². The summed E-state index contributed by atoms with van der Waals surface area (Å²) >= 11 is 1.56. The van der Waals surface area contributed by atoms with Crippen LogP contribution in [0, 0.1) is 11.8 Å². The van der Waals surface area contributed by atoms with Gasteiger partial charge in [0.15, 0.2) is 0 Å². The zero-order valence-electron chi connectivity index (χ0n) is 18.9. The number of nitrogens with zero attached hydrogens (tertiary/aromatic N) is 3. The molecule has 0 spiro atoms. The molecule has 1 aliphatic heterocycles. The van der Waals surface area contributed by atoms with Gasteiger partial charge in [0.05, 0.1) is 6.61 Å². The lowest BCUT2D eigenvalue weighted by molar-refractivity contribution is 0.176. The average molecular weight is 496 g/mol. The van der Waals surface area contributed by atoms with Crippen LogP contribution in [-0.2, 0) is 21.0 Å². The summed E-state index contributed by atoms with van der Waals surface area (Å²) in [6.45, 7) is 5.55. The number of nitrogens with two attached hydrogens (primary N) is 1. The molecule has 2 unspecified atom stereocenters. The number of aromatic nitrogens is 2. The fourth-order valence-corrected chi connectivity index (χ4v) is 6.15. The Morgan fingerprint density at radius 3 is 3.03 bits per heavy atom. The average Bonchev–Trinajstić information content (AvgIpc) is 3.41. The molecule has 4 rings (SSSR count). The van der Waals surface area contributed by atoms with E-state index in [1.54, 1.807) is 17.5 Å². The van der Waals surface area contributed by atoms with Crippen molar-refractivity contribution in [1.82, 2.24) is 14.9 Å². The third kappa shape index (κ3) is 6.93. The van der Waals surface area contributed by atoms with Crippen molar-refractivity contribution in [3.05, 3.63) is 40.0 Å². The van der Waals surface area contributed by atoms with Crippen LogP contribution in [0.25, 0.3) is 0 Å². The summed E-state index contributed by atoms with van der Waals surface area (Å²) in [7, 11) is -3.92. The summed E-state index contributed by atoms with van der Waals surface area (Å²) in [6.07, 6.45) is 7.29. The number of anilines is 1. The predicted octanol–water partition coefficient (Wildman–Crippen LogP) is 2.65. The van der Waals surface area contributed by atoms with Crippen molar-refractivity contribution in [1.29, 1.82) is 0 Å². The molecule has 3 heterocycles. The number of nitrogens with one attached hydrogen (secondary N) is 1. The first-order valence-electron chi connectivity index (χ1n) is 11.5. The third-order valence-corrected chi connectivity index (χ3v) is 7.97. The molecule has 9 nitrogen and oxygen atoms in total. The zero-order chi connectivity index (χ0) is 23.4. The molecule has 1 saturated heterocycles. The highest BCUT2D eigenvalue weighted by atomic mass is 32.2. The number of likely N-dealkylation sites (tertiary alicyclic amines) is 1. The van der Waals surface area contributed by atoms with Crippen LogP contribution < -0.4 is 10.5 Å². The minimum Gasteiger partial charge on any atom is -0.383 e. The van der Waals surface area contributed by atoms with Crippen LogP contribution in [0.5, 0.6) is 0 Å². The van der Waals surface area contributed by atoms with E-state index < -0.39 is 16.4 Å². The van der Waals surface area contributed by atoms with Crippen molar-refractivity contribution in [2.75, 3.05) is 25.0 Å². The van der Waals surface area contributed by atoms with Crippen molar-refractivity contribution < 1.29 is 17.7 Å². The summed E-state index contributed by atoms with van der Waals surface area (Å²) < 4.78 is 26.8. The van der Waals surface area contributed by atoms with Crippen LogP contribution in [0.1, 0.15) is 61.1 Å². The second kappa shape index (κ2) is 10.7. The molecule has 2 fully saturated rings. The third-order valence-electron chi connectivity index (χ3n) is 6.48. The number of hydrogen-bond donors (Lipinski definition) is 3. The number of piperidine rings is 1. The van der Waals surface area contributed by atoms with Crippen molar-refractivity contribution in [2.24, 2.45) is 17.0 Å². The lowest BCUT2D eigenvalue weighted by Gasteiger charge is -2.30. The predicted molar refractivity (Wildman–Crippen MR) is 128 cm³/mol. The first kappa shape index (κ1) is 24.5. The maximum atomic E-state index is 11.1. The van der Waals surface area contributed by atoms with Gasteiger partial charge in [-0.15, -0.1) is 11.3 Å². The molecule has 11 heteroatoms. The van der Waals surface area contributed by atoms with E-state index in [1.165, 1.54) is 24.7 Å². The maximum Gasteiger partial charge on any atom is 0.333 e. The normalized spacial score (nSPS) is 25.2. The van der Waals surface area contributed by atoms with E-state index in [4.69, 9.17) is 9.32 Å². The molecule has 4 N–H and O–H groups in total. The number of rotatable bonds is 9. The van der Waals surface area contributed by atoms with Crippen LogP contribution in [-0.4, -0.2) is 54.1 Å². The highest BCUT2D eigenvalue weighted by Crippen LogP contribution is 2.34. The summed E-state index contributed by atoms with van der Waals surface area (Å²) in [5.41, 5.74) is 1.87. The van der Waals surface area contributed by atoms with E-state index in [-0.39, 0.29) is 18.6 Å². The van der Waals surface area contributed by atoms with E-state index in [1.807, 2.05) is 0 Å². The van der Waals surface area contributed by atoms with Gasteiger partial charge < -0.3 is 10.4 Å². The molecule has 4 atom stereocenters. The summed E-state index contributed by atoms with van der Waals surface area (Å²) in [4.78, 5) is 11.9. The highest BCUT2D eigenvalue weighted by Gasteiger charge is 2.28. The van der Waals surface area contributed by atoms with Crippen LogP contribution >= 0.6 is 11.3 Å². The maximum absolute atomic E-state index is 11.1. The van der Waals surface area contributed by atoms with E-state index in [0.29, 0.717) is 11.4 Å². The minimum absolute atomic E-state index is 0.0873. The van der Waals surface area contributed by atoms with E-state index in [0.717, 1.165) is 49.7 Å². The van der Waals surface area contributed by atoms with Gasteiger partial charge in [-0.2, -0.15) is 8.42 Å². The monoisotopic (exact) mass is 495 g/mol. The molecule has 182 valence electrons. The second-order valence-corrected chi connectivity index (χ2v) is 11.5. The van der Waals surface area contributed by atoms with Crippen molar-refractivity contribution in [3.8, 4) is 0 Å². The SMILES string of the molecule is CC1CCCN(Cc2csc(C(O)c3cncnc3N[C@H]3CC[C@@H](COS(N)(=O)=O)C3)c2)C1. The smallest absolute Gasteiger partial charge is 0.333 e. The molecule has 0 aromatic carbocycles. The molecule has 0 radical (unpaired) electrons. The quantitative estimate of drug-likeness (QED) is 0.484. The molecule has 0 amide bonds. The van der Waals surface area contributed by atoms with Gasteiger partial charge in [0.25, 0.3) is 0 Å². The molecule has 2 aliphatic rings. The van der Waals surface area contributed by atoms with E-state index >= 15 is 0 Å². The zero-order valence-corrected chi connectivity index (χ0v) is 20.5. The lowest BCUT2D eigenvalue weighted by Crippen LogP contribution is -2.33. The molecule has 1 aliphatic carbocycles. The Hall–Kier alpha value is -1.63. The van der Waals surface area contributed by atoms with Gasteiger partial charge in [0, 0.05) is 35.8 Å². The molecule has 0 bridgehead atoms. The standard InChI is InChI=1S/C22H33N5O4S2/c1-15-3-2-6-27(10-15)11-17-8-20(32-13-17)21(28)19-9-24-14-25-22(19)26-18-5-4-16(7-18)12-31-33(23,29)30/h8-9,13-16,18,21,28H,2-7,10-12H2,1H3,(H2,23,29,30)(H,24,25,26)/t15?,16-,18+,21?/m1/s1. The van der Waals surface area contributed by atoms with Crippen LogP contribution in [0.4, 0.5) is 5.82 Å². The summed E-state index contributed by atoms with van der Waals surface area (Å²) in [5, 5.41) is 21.6. The Bertz CT molecular complexity index is 1030. The van der Waals surface area contributed by atoms with Gasteiger partial charge in [-0.25, -0.2) is 15.1 Å². The van der Waals surface area contributed by atoms with Crippen molar-refractivity contribution in [3.63, 3.8) is 0 Å². The fraction of sp³-hybridized carbons (Fsp3) is 0.636. The topological polar surface area (TPSA) is 131 Å². The Kier molecular flexibility index (Phi) is 7.98. The lowest BCUT2D eigenvalue weighted by atomic mass is 10.00. The van der Waals surface area contributed by atoms with Crippen LogP contribution in [0.3, 0.4) is 0 Å². The molecule has 1 saturated carbocycles.